The van der Waals surface area contributed by atoms with E-state index in [1.165, 1.54) is 0 Å². The minimum atomic E-state index is -0.0934. The number of benzene rings is 2. The van der Waals surface area contributed by atoms with E-state index in [0.29, 0.717) is 29.9 Å². The number of carbonyl (C=O) groups is 2. The van der Waals surface area contributed by atoms with E-state index >= 15 is 0 Å². The highest BCUT2D eigenvalue weighted by atomic mass is 35.5. The van der Waals surface area contributed by atoms with E-state index in [1.807, 2.05) is 67.2 Å². The topological polar surface area (TPSA) is 101 Å². The maximum Gasteiger partial charge on any atom is 0.251 e. The lowest BCUT2D eigenvalue weighted by molar-refractivity contribution is -0.117. The van der Waals surface area contributed by atoms with Crippen LogP contribution in [0.15, 0.2) is 60.8 Å². The van der Waals surface area contributed by atoms with Gasteiger partial charge in [0.2, 0.25) is 5.91 Å². The van der Waals surface area contributed by atoms with Crippen molar-refractivity contribution in [1.29, 1.82) is 5.26 Å². The molecule has 2 aromatic carbocycles. The van der Waals surface area contributed by atoms with Crippen LogP contribution >= 0.6 is 24.8 Å². The molecule has 0 radical (unpaired) electrons. The molecule has 2 heterocycles. The van der Waals surface area contributed by atoms with Crippen LogP contribution in [0.25, 0.3) is 11.1 Å². The summed E-state index contributed by atoms with van der Waals surface area (Å²) in [5.41, 5.74) is 4.97. The molecule has 0 spiro atoms. The quantitative estimate of drug-likeness (QED) is 0.413. The van der Waals surface area contributed by atoms with Crippen LogP contribution in [0.4, 0.5) is 11.5 Å². The molecule has 206 valence electrons. The van der Waals surface area contributed by atoms with Gasteiger partial charge in [-0.05, 0) is 80.5 Å². The fourth-order valence-electron chi connectivity index (χ4n) is 4.69. The Kier molecular flexibility index (Phi) is 11.3. The Morgan fingerprint density at radius 2 is 1.77 bits per heavy atom. The average Bonchev–Trinajstić information content (AvgIpc) is 2.88. The maximum atomic E-state index is 12.5. The number of rotatable bonds is 7. The minimum Gasteiger partial charge on any atom is -0.363 e. The Morgan fingerprint density at radius 1 is 1.08 bits per heavy atom. The molecular weight excluding hydrogens is 535 g/mol. The summed E-state index contributed by atoms with van der Waals surface area (Å²) in [6, 6.07) is 19.2. The minimum absolute atomic E-state index is 0. The molecule has 2 N–H and O–H groups in total. The first-order valence-electron chi connectivity index (χ1n) is 12.4. The van der Waals surface area contributed by atoms with Crippen molar-refractivity contribution in [3.8, 4) is 17.2 Å². The number of nitrogens with zero attached hydrogens (tertiary/aromatic N) is 4. The SMILES string of the molecule is CC(=O)N1c2ccc(-c3ccc(C(=O)NCCN(C)C)cc3)cc2[C@H](Nc2ccc(C#N)cn2)C[C@@H]1C.Cl.Cl. The van der Waals surface area contributed by atoms with Crippen molar-refractivity contribution in [2.24, 2.45) is 0 Å². The molecule has 10 heteroatoms. The number of hydrogen-bond acceptors (Lipinski definition) is 6. The van der Waals surface area contributed by atoms with Gasteiger partial charge in [0.05, 0.1) is 11.6 Å². The van der Waals surface area contributed by atoms with Crippen LogP contribution in [0.2, 0.25) is 0 Å². The number of nitrogens with one attached hydrogen (secondary N) is 2. The first-order chi connectivity index (χ1) is 17.8. The van der Waals surface area contributed by atoms with Crippen molar-refractivity contribution < 1.29 is 9.59 Å². The summed E-state index contributed by atoms with van der Waals surface area (Å²) in [7, 11) is 3.94. The van der Waals surface area contributed by atoms with E-state index in [0.717, 1.165) is 28.9 Å². The van der Waals surface area contributed by atoms with Crippen molar-refractivity contribution in [3.05, 3.63) is 77.5 Å². The normalized spacial score (nSPS) is 15.7. The Bertz CT molecular complexity index is 1320. The summed E-state index contributed by atoms with van der Waals surface area (Å²) < 4.78 is 0. The Morgan fingerprint density at radius 3 is 2.36 bits per heavy atom. The van der Waals surface area contributed by atoms with Crippen LogP contribution in [-0.4, -0.2) is 54.9 Å². The van der Waals surface area contributed by atoms with Gasteiger partial charge in [-0.3, -0.25) is 9.59 Å². The van der Waals surface area contributed by atoms with Crippen LogP contribution in [0, 0.1) is 11.3 Å². The third-order valence-corrected chi connectivity index (χ3v) is 6.56. The molecule has 0 bridgehead atoms. The van der Waals surface area contributed by atoms with E-state index in [-0.39, 0.29) is 48.7 Å². The molecule has 39 heavy (non-hydrogen) atoms. The number of aromatic nitrogens is 1. The van der Waals surface area contributed by atoms with E-state index in [4.69, 9.17) is 5.26 Å². The van der Waals surface area contributed by atoms with Crippen molar-refractivity contribution in [2.75, 3.05) is 37.4 Å². The molecule has 0 saturated heterocycles. The highest BCUT2D eigenvalue weighted by Gasteiger charge is 2.32. The zero-order chi connectivity index (χ0) is 26.5. The number of anilines is 2. The van der Waals surface area contributed by atoms with Gasteiger partial charge in [0.15, 0.2) is 0 Å². The number of pyridine rings is 1. The van der Waals surface area contributed by atoms with Gasteiger partial charge in [0, 0.05) is 43.5 Å². The van der Waals surface area contributed by atoms with Crippen LogP contribution in [0.3, 0.4) is 0 Å². The predicted molar refractivity (Wildman–Crippen MR) is 160 cm³/mol. The molecule has 0 fully saturated rings. The molecule has 0 unspecified atom stereocenters. The fraction of sp³-hybridized carbons (Fsp3) is 0.310. The smallest absolute Gasteiger partial charge is 0.251 e. The van der Waals surface area contributed by atoms with E-state index < -0.39 is 0 Å². The molecule has 4 rings (SSSR count). The third-order valence-electron chi connectivity index (χ3n) is 6.56. The molecule has 1 aliphatic heterocycles. The average molecular weight is 570 g/mol. The van der Waals surface area contributed by atoms with Gasteiger partial charge >= 0.3 is 0 Å². The largest absolute Gasteiger partial charge is 0.363 e. The Hall–Kier alpha value is -3.64. The van der Waals surface area contributed by atoms with Gasteiger partial charge in [-0.2, -0.15) is 5.26 Å². The maximum absolute atomic E-state index is 12.5. The number of hydrogen-bond donors (Lipinski definition) is 2. The lowest BCUT2D eigenvalue weighted by Gasteiger charge is -2.39. The van der Waals surface area contributed by atoms with Crippen molar-refractivity contribution in [2.45, 2.75) is 32.4 Å². The summed E-state index contributed by atoms with van der Waals surface area (Å²) in [4.78, 5) is 33.2. The molecule has 2 amide bonds. The number of likely N-dealkylation sites (N-methyl/N-ethyl adjacent to an activating group) is 1. The van der Waals surface area contributed by atoms with Gasteiger partial charge in [-0.15, -0.1) is 24.8 Å². The number of nitriles is 1. The van der Waals surface area contributed by atoms with Gasteiger partial charge in [-0.25, -0.2) is 4.98 Å². The second-order valence-corrected chi connectivity index (χ2v) is 9.62. The lowest BCUT2D eigenvalue weighted by Crippen LogP contribution is -2.43. The summed E-state index contributed by atoms with van der Waals surface area (Å²) in [6.07, 6.45) is 2.26. The van der Waals surface area contributed by atoms with E-state index in [2.05, 4.69) is 27.8 Å². The van der Waals surface area contributed by atoms with Crippen LogP contribution in [0.1, 0.15) is 47.8 Å². The highest BCUT2D eigenvalue weighted by molar-refractivity contribution is 5.95. The van der Waals surface area contributed by atoms with Crippen molar-refractivity contribution in [3.63, 3.8) is 0 Å². The lowest BCUT2D eigenvalue weighted by atomic mass is 9.89. The zero-order valence-electron chi connectivity index (χ0n) is 22.5. The first kappa shape index (κ1) is 31.6. The standard InChI is InChI=1S/C29H32N6O2.2ClH/c1-19-15-26(33-28-12-5-21(17-30)18-32-28)25-16-24(10-11-27(25)35(19)20(2)36)22-6-8-23(9-7-22)29(37)31-13-14-34(3)4;;/h5-12,16,18-19,26H,13-15H2,1-4H3,(H,31,37)(H,32,33);2*1H/t19-,26+;;/m0../s1. The van der Waals surface area contributed by atoms with Gasteiger partial charge in [0.25, 0.3) is 5.91 Å². The fourth-order valence-corrected chi connectivity index (χ4v) is 4.69. The second kappa shape index (κ2) is 13.9. The molecule has 1 aromatic heterocycles. The van der Waals surface area contributed by atoms with Crippen LogP contribution < -0.4 is 15.5 Å². The monoisotopic (exact) mass is 568 g/mol. The van der Waals surface area contributed by atoms with Gasteiger partial charge < -0.3 is 20.4 Å². The Balaban J connectivity index is 0.00000267. The Labute approximate surface area is 242 Å². The van der Waals surface area contributed by atoms with Gasteiger partial charge in [0.1, 0.15) is 11.9 Å². The van der Waals surface area contributed by atoms with Crippen LogP contribution in [0.5, 0.6) is 0 Å². The summed E-state index contributed by atoms with van der Waals surface area (Å²) in [6.45, 7) is 5.00. The molecule has 0 aliphatic carbocycles. The molecule has 0 saturated carbocycles. The summed E-state index contributed by atoms with van der Waals surface area (Å²) in [5.74, 6) is 0.582. The first-order valence-corrected chi connectivity index (χ1v) is 12.4. The van der Waals surface area contributed by atoms with E-state index in [9.17, 15) is 9.59 Å². The van der Waals surface area contributed by atoms with Crippen LogP contribution in [-0.2, 0) is 4.79 Å². The molecule has 8 nitrogen and oxygen atoms in total. The zero-order valence-corrected chi connectivity index (χ0v) is 24.1. The van der Waals surface area contributed by atoms with Gasteiger partial charge in [-0.1, -0.05) is 18.2 Å². The summed E-state index contributed by atoms with van der Waals surface area (Å²) >= 11 is 0. The third kappa shape index (κ3) is 7.48. The van der Waals surface area contributed by atoms with E-state index in [1.54, 1.807) is 25.3 Å². The molecule has 1 aliphatic rings. The summed E-state index contributed by atoms with van der Waals surface area (Å²) in [5, 5.41) is 15.5. The molecular formula is C29H34Cl2N6O2. The highest BCUT2D eigenvalue weighted by Crippen LogP contribution is 2.41. The molecule has 3 aromatic rings. The number of fused-ring (bicyclic) bond motifs is 1. The number of halogens is 2. The predicted octanol–water partition coefficient (Wildman–Crippen LogP) is 5.05. The number of carbonyl (C=O) groups excluding carboxylic acids is 2. The van der Waals surface area contributed by atoms with Crippen molar-refractivity contribution in [1.82, 2.24) is 15.2 Å². The second-order valence-electron chi connectivity index (χ2n) is 9.62. The number of amides is 2. The molecule has 2 atom stereocenters. The van der Waals surface area contributed by atoms with Crippen molar-refractivity contribution >= 4 is 48.1 Å².